The highest BCUT2D eigenvalue weighted by molar-refractivity contribution is 6.76. The molecule has 0 saturated carbocycles. The van der Waals surface area contributed by atoms with Crippen LogP contribution in [0.1, 0.15) is 0 Å². The molecule has 0 aromatic heterocycles. The van der Waals surface area contributed by atoms with Gasteiger partial charge in [0.1, 0.15) is 6.04 Å². The number of carbonyl (C=O) groups is 2. The van der Waals surface area contributed by atoms with E-state index in [1.54, 1.807) is 0 Å². The van der Waals surface area contributed by atoms with Gasteiger partial charge in [-0.3, -0.25) is 4.79 Å². The molecular formula is C9H20N2O4Si. The number of amides is 1. The lowest BCUT2D eigenvalue weighted by molar-refractivity contribution is -0.138. The number of ether oxygens (including phenoxy) is 1. The number of nitrogens with one attached hydrogen (secondary N) is 1. The second-order valence-corrected chi connectivity index (χ2v) is 10.4. The van der Waals surface area contributed by atoms with E-state index in [2.05, 4.69) is 25.0 Å². The van der Waals surface area contributed by atoms with Crippen LogP contribution in [0.5, 0.6) is 0 Å². The molecule has 0 aliphatic heterocycles. The summed E-state index contributed by atoms with van der Waals surface area (Å²) in [5, 5.41) is 10.8. The number of rotatable bonds is 6. The Hall–Kier alpha value is -1.08. The van der Waals surface area contributed by atoms with Crippen LogP contribution in [0.15, 0.2) is 0 Å². The van der Waals surface area contributed by atoms with Gasteiger partial charge in [0.05, 0.1) is 6.61 Å². The van der Waals surface area contributed by atoms with Crippen molar-refractivity contribution in [3.63, 3.8) is 0 Å². The molecule has 1 atom stereocenters. The average molecular weight is 248 g/mol. The van der Waals surface area contributed by atoms with Gasteiger partial charge in [0.15, 0.2) is 0 Å². The van der Waals surface area contributed by atoms with Crippen molar-refractivity contribution in [1.29, 1.82) is 0 Å². The minimum atomic E-state index is -1.21. The molecule has 6 nitrogen and oxygen atoms in total. The monoisotopic (exact) mass is 248 g/mol. The Bertz CT molecular complexity index is 252. The van der Waals surface area contributed by atoms with Gasteiger partial charge in [-0.2, -0.15) is 0 Å². The van der Waals surface area contributed by atoms with Gasteiger partial charge in [-0.05, 0) is 6.04 Å². The Morgan fingerprint density at radius 2 is 2.00 bits per heavy atom. The zero-order valence-electron chi connectivity index (χ0n) is 9.95. The third-order valence-electron chi connectivity index (χ3n) is 1.87. The van der Waals surface area contributed by atoms with E-state index < -0.39 is 26.2 Å². The van der Waals surface area contributed by atoms with Gasteiger partial charge in [0, 0.05) is 14.6 Å². The van der Waals surface area contributed by atoms with Gasteiger partial charge in [-0.25, -0.2) is 4.79 Å². The van der Waals surface area contributed by atoms with Crippen LogP contribution in [0.3, 0.4) is 0 Å². The Labute approximate surface area is 96.2 Å². The summed E-state index contributed by atoms with van der Waals surface area (Å²) >= 11 is 0. The second-order valence-electron chi connectivity index (χ2n) is 4.77. The van der Waals surface area contributed by atoms with Crippen molar-refractivity contribution in [3.8, 4) is 0 Å². The van der Waals surface area contributed by atoms with Crippen LogP contribution in [0, 0.1) is 0 Å². The number of hydrogen-bond donors (Lipinski definition) is 3. The van der Waals surface area contributed by atoms with E-state index in [-0.39, 0.29) is 6.54 Å². The fourth-order valence-electron chi connectivity index (χ4n) is 0.782. The first kappa shape index (κ1) is 14.9. The molecule has 1 unspecified atom stereocenters. The highest BCUT2D eigenvalue weighted by Gasteiger charge is 2.15. The van der Waals surface area contributed by atoms with E-state index in [4.69, 9.17) is 15.6 Å². The largest absolute Gasteiger partial charge is 0.480 e. The molecule has 0 aliphatic carbocycles. The van der Waals surface area contributed by atoms with Gasteiger partial charge in [-0.1, -0.05) is 19.6 Å². The van der Waals surface area contributed by atoms with Crippen molar-refractivity contribution in [1.82, 2.24) is 5.32 Å². The lowest BCUT2D eigenvalue weighted by atomic mass is 10.3. The van der Waals surface area contributed by atoms with Crippen molar-refractivity contribution in [2.45, 2.75) is 31.7 Å². The lowest BCUT2D eigenvalue weighted by Gasteiger charge is -2.15. The van der Waals surface area contributed by atoms with Crippen LogP contribution in [0.25, 0.3) is 0 Å². The zero-order valence-corrected chi connectivity index (χ0v) is 10.9. The molecule has 0 aromatic rings. The van der Waals surface area contributed by atoms with E-state index in [1.807, 2.05) is 0 Å². The summed E-state index contributed by atoms with van der Waals surface area (Å²) < 4.78 is 4.88. The molecule has 0 aromatic carbocycles. The van der Waals surface area contributed by atoms with Gasteiger partial charge in [0.2, 0.25) is 0 Å². The molecule has 0 fully saturated rings. The van der Waals surface area contributed by atoms with Crippen molar-refractivity contribution in [2.24, 2.45) is 5.73 Å². The molecule has 94 valence electrons. The predicted octanol–water partition coefficient (Wildman–Crippen LogP) is 0.463. The van der Waals surface area contributed by atoms with Crippen LogP contribution in [0.4, 0.5) is 4.79 Å². The van der Waals surface area contributed by atoms with Crippen LogP contribution < -0.4 is 11.1 Å². The van der Waals surface area contributed by atoms with Crippen molar-refractivity contribution in [3.05, 3.63) is 0 Å². The Morgan fingerprint density at radius 1 is 1.44 bits per heavy atom. The van der Waals surface area contributed by atoms with Crippen LogP contribution in [-0.4, -0.2) is 44.4 Å². The smallest absolute Gasteiger partial charge is 0.407 e. The quantitative estimate of drug-likeness (QED) is 0.593. The molecule has 4 N–H and O–H groups in total. The molecule has 1 amide bonds. The van der Waals surface area contributed by atoms with Crippen LogP contribution in [0.2, 0.25) is 25.7 Å². The van der Waals surface area contributed by atoms with Crippen molar-refractivity contribution < 1.29 is 19.4 Å². The maximum atomic E-state index is 11.1. The molecule has 0 aliphatic rings. The second kappa shape index (κ2) is 6.49. The standard InChI is InChI=1S/C9H20N2O4Si/c1-16(2,3)5-4-15-9(14)11-6-7(10)8(12)13/h7H,4-6,10H2,1-3H3,(H,11,14)(H,12,13). The maximum Gasteiger partial charge on any atom is 0.407 e. The van der Waals surface area contributed by atoms with E-state index in [1.165, 1.54) is 0 Å². The summed E-state index contributed by atoms with van der Waals surface area (Å²) in [6.07, 6.45) is -0.616. The zero-order chi connectivity index (χ0) is 12.8. The molecule has 7 heteroatoms. The third-order valence-corrected chi connectivity index (χ3v) is 3.57. The van der Waals surface area contributed by atoms with E-state index in [0.29, 0.717) is 6.61 Å². The SMILES string of the molecule is C[Si](C)(C)CCOC(=O)NCC(N)C(=O)O. The molecule has 0 radical (unpaired) electrons. The predicted molar refractivity (Wildman–Crippen MR) is 63.1 cm³/mol. The highest BCUT2D eigenvalue weighted by Crippen LogP contribution is 2.07. The number of carbonyl (C=O) groups excluding carboxylic acids is 1. The van der Waals surface area contributed by atoms with E-state index >= 15 is 0 Å². The Balaban J connectivity index is 3.64. The first-order chi connectivity index (χ1) is 7.22. The highest BCUT2D eigenvalue weighted by atomic mass is 28.3. The summed E-state index contributed by atoms with van der Waals surface area (Å²) in [4.78, 5) is 21.4. The summed E-state index contributed by atoms with van der Waals surface area (Å²) in [7, 11) is -1.21. The number of alkyl carbamates (subject to hydrolysis) is 1. The van der Waals surface area contributed by atoms with Gasteiger partial charge in [0.25, 0.3) is 0 Å². The average Bonchev–Trinajstić information content (AvgIpc) is 2.11. The van der Waals surface area contributed by atoms with Gasteiger partial charge < -0.3 is 20.9 Å². The topological polar surface area (TPSA) is 102 Å². The van der Waals surface area contributed by atoms with Crippen molar-refractivity contribution in [2.75, 3.05) is 13.2 Å². The molecule has 0 bridgehead atoms. The van der Waals surface area contributed by atoms with Gasteiger partial charge in [-0.15, -0.1) is 0 Å². The molecule has 0 rings (SSSR count). The van der Waals surface area contributed by atoms with E-state index in [0.717, 1.165) is 6.04 Å². The maximum absolute atomic E-state index is 11.1. The molecule has 0 spiro atoms. The van der Waals surface area contributed by atoms with Crippen molar-refractivity contribution >= 4 is 20.1 Å². The number of aliphatic carboxylic acids is 1. The number of carboxylic acid groups (broad SMARTS) is 1. The molecule has 0 heterocycles. The first-order valence-electron chi connectivity index (χ1n) is 5.11. The van der Waals surface area contributed by atoms with Crippen LogP contribution in [-0.2, 0) is 9.53 Å². The summed E-state index contributed by atoms with van der Waals surface area (Å²) in [6.45, 7) is 6.77. The fourth-order valence-corrected chi connectivity index (χ4v) is 1.50. The molecular weight excluding hydrogens is 228 g/mol. The summed E-state index contributed by atoms with van der Waals surface area (Å²) in [6, 6.07) is -0.213. The summed E-state index contributed by atoms with van der Waals surface area (Å²) in [5.41, 5.74) is 5.20. The first-order valence-corrected chi connectivity index (χ1v) is 8.82. The third kappa shape index (κ3) is 8.24. The summed E-state index contributed by atoms with van der Waals surface area (Å²) in [5.74, 6) is -1.15. The normalized spacial score (nSPS) is 13.0. The van der Waals surface area contributed by atoms with E-state index in [9.17, 15) is 9.59 Å². The van der Waals surface area contributed by atoms with Crippen LogP contribution >= 0.6 is 0 Å². The number of nitrogens with two attached hydrogens (primary N) is 1. The molecule has 16 heavy (non-hydrogen) atoms. The molecule has 0 saturated heterocycles. The Kier molecular flexibility index (Phi) is 6.05. The van der Waals surface area contributed by atoms with Gasteiger partial charge >= 0.3 is 12.1 Å². The minimum Gasteiger partial charge on any atom is -0.480 e. The number of carboxylic acids is 1. The minimum absolute atomic E-state index is 0.124. The Morgan fingerprint density at radius 3 is 2.44 bits per heavy atom. The fraction of sp³-hybridized carbons (Fsp3) is 0.778. The lowest BCUT2D eigenvalue weighted by Crippen LogP contribution is -2.42. The number of hydrogen-bond acceptors (Lipinski definition) is 4.